The van der Waals surface area contributed by atoms with Crippen LogP contribution in [-0.4, -0.2) is 28.1 Å². The molecule has 0 heterocycles. The van der Waals surface area contributed by atoms with Gasteiger partial charge in [-0.1, -0.05) is 6.92 Å². The van der Waals surface area contributed by atoms with Gasteiger partial charge >= 0.3 is 0 Å². The average Bonchev–Trinajstić information content (AvgIpc) is 1.78. The first kappa shape index (κ1) is 10.6. The van der Waals surface area contributed by atoms with Crippen LogP contribution >= 0.6 is 21.2 Å². The van der Waals surface area contributed by atoms with E-state index in [1.54, 1.807) is 0 Å². The van der Waals surface area contributed by atoms with Gasteiger partial charge in [-0.05, 0) is 6.54 Å². The minimum atomic E-state index is -3.02. The number of rotatable bonds is 5. The molecule has 0 aliphatic carbocycles. The Hall–Kier alpha value is 0.600. The van der Waals surface area contributed by atoms with Crippen molar-refractivity contribution in [1.29, 1.82) is 0 Å². The Morgan fingerprint density at radius 2 is 2.00 bits per heavy atom. The monoisotopic (exact) mass is 278 g/mol. The van der Waals surface area contributed by atoms with Gasteiger partial charge in [-0.3, -0.25) is 0 Å². The molecule has 0 aromatic carbocycles. The van der Waals surface area contributed by atoms with E-state index in [4.69, 9.17) is 0 Å². The highest BCUT2D eigenvalue weighted by Gasteiger charge is 1.99. The van der Waals surface area contributed by atoms with Crippen LogP contribution in [0.3, 0.4) is 0 Å². The Morgan fingerprint density at radius 3 is 2.40 bits per heavy atom. The van der Waals surface area contributed by atoms with Crippen LogP contribution in [0.25, 0.3) is 0 Å². The third-order valence-corrected chi connectivity index (χ3v) is 2.31. The summed E-state index contributed by atoms with van der Waals surface area (Å²) in [6, 6.07) is 0. The van der Waals surface area contributed by atoms with Gasteiger partial charge in [-0.2, -0.15) is 0 Å². The summed E-state index contributed by atoms with van der Waals surface area (Å²) in [5, 5.41) is 2.99. The summed E-state index contributed by atoms with van der Waals surface area (Å²) < 4.78 is 23.2. The van der Waals surface area contributed by atoms with Crippen LogP contribution in [0, 0.1) is 0 Å². The Labute approximate surface area is 73.4 Å². The van der Waals surface area contributed by atoms with Gasteiger partial charge in [0.05, 0.1) is 21.2 Å². The minimum absolute atomic E-state index is 0.457. The second-order valence-electron chi connectivity index (χ2n) is 1.69. The van der Waals surface area contributed by atoms with Crippen LogP contribution < -0.4 is 10.0 Å². The summed E-state index contributed by atoms with van der Waals surface area (Å²) in [7, 11) is -3.02. The van der Waals surface area contributed by atoms with E-state index >= 15 is 0 Å². The zero-order valence-electron chi connectivity index (χ0n) is 5.72. The van der Waals surface area contributed by atoms with E-state index in [0.717, 1.165) is 6.54 Å². The Kier molecular flexibility index (Phi) is 5.59. The number of halogens is 1. The first-order valence-electron chi connectivity index (χ1n) is 2.96. The maximum absolute atomic E-state index is 10.4. The van der Waals surface area contributed by atoms with Crippen molar-refractivity contribution in [2.24, 2.45) is 0 Å². The van der Waals surface area contributed by atoms with E-state index in [-0.39, 0.29) is 0 Å². The fourth-order valence-electron chi connectivity index (χ4n) is 0.438. The summed E-state index contributed by atoms with van der Waals surface area (Å²) in [5.41, 5.74) is 0. The molecule has 0 aromatic rings. The van der Waals surface area contributed by atoms with Gasteiger partial charge in [0.15, 0.2) is 0 Å². The van der Waals surface area contributed by atoms with Gasteiger partial charge in [0.25, 0.3) is 7.19 Å². The van der Waals surface area contributed by atoms with Crippen LogP contribution in [0.2, 0.25) is 0 Å². The standard InChI is InChI=1S/C4H11IN2O2S/c1-2-6-3-4-7-10(5,8)9/h6-7H,2-4H2,1H3. The van der Waals surface area contributed by atoms with Crippen molar-refractivity contribution in [1.82, 2.24) is 10.0 Å². The Morgan fingerprint density at radius 1 is 1.40 bits per heavy atom. The van der Waals surface area contributed by atoms with Gasteiger partial charge in [0.2, 0.25) is 0 Å². The summed E-state index contributed by atoms with van der Waals surface area (Å²) in [4.78, 5) is 0. The van der Waals surface area contributed by atoms with Crippen molar-refractivity contribution in [3.8, 4) is 0 Å². The Bertz CT molecular complexity index is 168. The molecule has 0 aliphatic heterocycles. The second kappa shape index (κ2) is 5.28. The smallest absolute Gasteiger partial charge is 0.265 e. The van der Waals surface area contributed by atoms with Crippen molar-refractivity contribution in [3.63, 3.8) is 0 Å². The van der Waals surface area contributed by atoms with Gasteiger partial charge in [0.1, 0.15) is 0 Å². The second-order valence-corrected chi connectivity index (χ2v) is 6.33. The summed E-state index contributed by atoms with van der Waals surface area (Å²) >= 11 is 1.36. The molecule has 62 valence electrons. The molecular formula is C4H11IN2O2S. The fraction of sp³-hybridized carbons (Fsp3) is 1.00. The quantitative estimate of drug-likeness (QED) is 0.418. The molecule has 0 aromatic heterocycles. The van der Waals surface area contributed by atoms with Crippen molar-refractivity contribution in [2.75, 3.05) is 19.6 Å². The van der Waals surface area contributed by atoms with E-state index < -0.39 is 7.19 Å². The van der Waals surface area contributed by atoms with Gasteiger partial charge in [0, 0.05) is 13.1 Å². The largest absolute Gasteiger partial charge is 0.316 e. The van der Waals surface area contributed by atoms with E-state index in [0.29, 0.717) is 13.1 Å². The number of nitrogens with one attached hydrogen (secondary N) is 2. The van der Waals surface area contributed by atoms with Gasteiger partial charge in [-0.15, -0.1) is 0 Å². The van der Waals surface area contributed by atoms with E-state index in [9.17, 15) is 8.42 Å². The highest BCUT2D eigenvalue weighted by atomic mass is 127. The molecular weight excluding hydrogens is 267 g/mol. The summed E-state index contributed by atoms with van der Waals surface area (Å²) in [6.45, 7) is 3.97. The molecule has 0 fully saturated rings. The highest BCUT2D eigenvalue weighted by molar-refractivity contribution is 14.2. The molecule has 10 heavy (non-hydrogen) atoms. The van der Waals surface area contributed by atoms with Crippen LogP contribution in [0.1, 0.15) is 6.92 Å². The normalized spacial score (nSPS) is 11.8. The van der Waals surface area contributed by atoms with E-state index in [2.05, 4.69) is 10.0 Å². The molecule has 0 saturated heterocycles. The molecule has 0 aliphatic rings. The maximum atomic E-state index is 10.4. The molecule has 0 bridgehead atoms. The topological polar surface area (TPSA) is 58.2 Å². The van der Waals surface area contributed by atoms with E-state index in [1.807, 2.05) is 6.92 Å². The molecule has 0 unspecified atom stereocenters. The predicted molar refractivity (Wildman–Crippen MR) is 49.5 cm³/mol. The van der Waals surface area contributed by atoms with Gasteiger partial charge < -0.3 is 5.32 Å². The van der Waals surface area contributed by atoms with Crippen molar-refractivity contribution in [2.45, 2.75) is 6.92 Å². The van der Waals surface area contributed by atoms with Crippen LogP contribution in [0.15, 0.2) is 0 Å². The first-order valence-corrected chi connectivity index (χ1v) is 6.99. The van der Waals surface area contributed by atoms with Crippen molar-refractivity contribution < 1.29 is 8.42 Å². The lowest BCUT2D eigenvalue weighted by Crippen LogP contribution is -2.28. The maximum Gasteiger partial charge on any atom is 0.265 e. The Balaban J connectivity index is 3.21. The van der Waals surface area contributed by atoms with Crippen LogP contribution in [0.5, 0.6) is 0 Å². The summed E-state index contributed by atoms with van der Waals surface area (Å²) in [5.74, 6) is 0. The minimum Gasteiger partial charge on any atom is -0.316 e. The molecule has 0 rings (SSSR count). The fourth-order valence-corrected chi connectivity index (χ4v) is 1.44. The molecule has 2 N–H and O–H groups in total. The van der Waals surface area contributed by atoms with Crippen LogP contribution in [-0.2, 0) is 7.19 Å². The third-order valence-electron chi connectivity index (χ3n) is 0.826. The van der Waals surface area contributed by atoms with Gasteiger partial charge in [-0.25, -0.2) is 13.1 Å². The number of hydrogen-bond donors (Lipinski definition) is 2. The highest BCUT2D eigenvalue weighted by Crippen LogP contribution is 1.92. The van der Waals surface area contributed by atoms with E-state index in [1.165, 1.54) is 21.2 Å². The van der Waals surface area contributed by atoms with Crippen molar-refractivity contribution in [3.05, 3.63) is 0 Å². The van der Waals surface area contributed by atoms with Crippen LogP contribution in [0.4, 0.5) is 0 Å². The molecule has 0 saturated carbocycles. The first-order chi connectivity index (χ1) is 4.56. The molecule has 6 heteroatoms. The number of hydrogen-bond acceptors (Lipinski definition) is 3. The van der Waals surface area contributed by atoms with Crippen molar-refractivity contribution >= 4 is 28.4 Å². The SMILES string of the molecule is CCNCCNS(=O)(=O)I. The third kappa shape index (κ3) is 8.60. The predicted octanol–water partition coefficient (Wildman–Crippen LogP) is -0.135. The lowest BCUT2D eigenvalue weighted by atomic mass is 10.6. The zero-order valence-corrected chi connectivity index (χ0v) is 8.70. The molecule has 4 nitrogen and oxygen atoms in total. The lowest BCUT2D eigenvalue weighted by molar-refractivity contribution is 0.595. The molecule has 0 spiro atoms. The molecule has 0 atom stereocenters. The average molecular weight is 278 g/mol. The zero-order chi connectivity index (χ0) is 8.04. The lowest BCUT2D eigenvalue weighted by Gasteiger charge is -2.00. The number of likely N-dealkylation sites (N-methyl/N-ethyl adjacent to an activating group) is 1. The molecule has 0 amide bonds. The summed E-state index contributed by atoms with van der Waals surface area (Å²) in [6.07, 6.45) is 0. The molecule has 0 radical (unpaired) electrons.